The molecule has 0 aliphatic heterocycles. The van der Waals surface area contributed by atoms with E-state index in [1.54, 1.807) is 26.4 Å². The normalized spacial score (nSPS) is 21.8. The Labute approximate surface area is 127 Å². The number of ketones is 1. The van der Waals surface area contributed by atoms with Gasteiger partial charge >= 0.3 is 0 Å². The predicted molar refractivity (Wildman–Crippen MR) is 81.5 cm³/mol. The molecule has 2 N–H and O–H groups in total. The lowest BCUT2D eigenvalue weighted by Gasteiger charge is -2.19. The van der Waals surface area contributed by atoms with Crippen LogP contribution < -0.4 is 15.2 Å². The molecule has 2 rings (SSSR count). The maximum atomic E-state index is 12.8. The molecule has 4 nitrogen and oxygen atoms in total. The number of nitrogens with two attached hydrogens (primary N) is 1. The van der Waals surface area contributed by atoms with E-state index in [1.807, 2.05) is 0 Å². The van der Waals surface area contributed by atoms with Crippen molar-refractivity contribution in [2.75, 3.05) is 20.8 Å². The number of carbonyl (C=O) groups is 1. The molecule has 0 saturated heterocycles. The topological polar surface area (TPSA) is 61.5 Å². The van der Waals surface area contributed by atoms with Gasteiger partial charge in [0.15, 0.2) is 5.78 Å². The first-order chi connectivity index (χ1) is 9.63. The maximum Gasteiger partial charge on any atom is 0.170 e. The monoisotopic (exact) mass is 341 g/mol. The molecule has 1 saturated carbocycles. The second-order valence-electron chi connectivity index (χ2n) is 5.06. The third kappa shape index (κ3) is 2.69. The molecule has 0 heterocycles. The first-order valence-electron chi connectivity index (χ1n) is 6.78. The molecule has 0 aromatic heterocycles. The van der Waals surface area contributed by atoms with Crippen LogP contribution in [0.1, 0.15) is 29.6 Å². The van der Waals surface area contributed by atoms with E-state index in [-0.39, 0.29) is 17.6 Å². The zero-order chi connectivity index (χ0) is 14.7. The van der Waals surface area contributed by atoms with Crippen molar-refractivity contribution in [1.82, 2.24) is 0 Å². The summed E-state index contributed by atoms with van der Waals surface area (Å²) in [6.45, 7) is 0.566. The van der Waals surface area contributed by atoms with Gasteiger partial charge in [-0.1, -0.05) is 6.42 Å². The number of carbonyl (C=O) groups excluding carboxylic acids is 1. The number of hydrogen-bond acceptors (Lipinski definition) is 4. The van der Waals surface area contributed by atoms with Crippen LogP contribution >= 0.6 is 15.9 Å². The summed E-state index contributed by atoms with van der Waals surface area (Å²) < 4.78 is 11.3. The molecule has 1 aliphatic carbocycles. The molecule has 1 aromatic rings. The summed E-state index contributed by atoms with van der Waals surface area (Å²) >= 11 is 3.43. The van der Waals surface area contributed by atoms with Crippen molar-refractivity contribution in [3.63, 3.8) is 0 Å². The Morgan fingerprint density at radius 2 is 2.10 bits per heavy atom. The first kappa shape index (κ1) is 15.3. The Bertz CT molecular complexity index is 504. The molecule has 1 fully saturated rings. The van der Waals surface area contributed by atoms with Gasteiger partial charge in [0.2, 0.25) is 0 Å². The van der Waals surface area contributed by atoms with Crippen LogP contribution in [0.25, 0.3) is 0 Å². The van der Waals surface area contributed by atoms with Gasteiger partial charge in [0, 0.05) is 5.92 Å². The van der Waals surface area contributed by atoms with Crippen LogP contribution in [0, 0.1) is 11.8 Å². The molecule has 0 amide bonds. The summed E-state index contributed by atoms with van der Waals surface area (Å²) in [4.78, 5) is 12.8. The highest BCUT2D eigenvalue weighted by Gasteiger charge is 2.34. The number of ether oxygens (including phenoxy) is 2. The Morgan fingerprint density at radius 1 is 1.35 bits per heavy atom. The highest BCUT2D eigenvalue weighted by Crippen LogP contribution is 2.41. The van der Waals surface area contributed by atoms with Crippen LogP contribution in [0.4, 0.5) is 0 Å². The van der Waals surface area contributed by atoms with Crippen LogP contribution in [0.2, 0.25) is 0 Å². The molecule has 1 aromatic carbocycles. The third-order valence-corrected chi connectivity index (χ3v) is 4.80. The standard InChI is InChI=1S/C15H20BrNO3/c1-19-12-7-6-11(15(20-2)13(12)16)14(18)10-5-3-4-9(10)8-17/h6-7,9-10H,3-5,8,17H2,1-2H3. The van der Waals surface area contributed by atoms with Crippen molar-refractivity contribution in [1.29, 1.82) is 0 Å². The van der Waals surface area contributed by atoms with E-state index in [2.05, 4.69) is 15.9 Å². The highest BCUT2D eigenvalue weighted by molar-refractivity contribution is 9.10. The maximum absolute atomic E-state index is 12.8. The minimum atomic E-state index is 0.00851. The average molecular weight is 342 g/mol. The number of benzene rings is 1. The van der Waals surface area contributed by atoms with Crippen molar-refractivity contribution in [3.8, 4) is 11.5 Å². The van der Waals surface area contributed by atoms with Crippen LogP contribution in [0.3, 0.4) is 0 Å². The molecule has 5 heteroatoms. The summed E-state index contributed by atoms with van der Waals surface area (Å²) in [6, 6.07) is 3.56. The van der Waals surface area contributed by atoms with Crippen LogP contribution in [0.15, 0.2) is 16.6 Å². The Balaban J connectivity index is 2.37. The molecular formula is C15H20BrNO3. The number of rotatable bonds is 5. The molecular weight excluding hydrogens is 322 g/mol. The largest absolute Gasteiger partial charge is 0.495 e. The van der Waals surface area contributed by atoms with Crippen molar-refractivity contribution in [2.24, 2.45) is 17.6 Å². The van der Waals surface area contributed by atoms with Crippen molar-refractivity contribution >= 4 is 21.7 Å². The van der Waals surface area contributed by atoms with E-state index >= 15 is 0 Å². The number of hydrogen-bond donors (Lipinski definition) is 1. The zero-order valence-corrected chi connectivity index (χ0v) is 13.4. The van der Waals surface area contributed by atoms with E-state index in [4.69, 9.17) is 15.2 Å². The lowest BCUT2D eigenvalue weighted by molar-refractivity contribution is 0.0890. The third-order valence-electron chi connectivity index (χ3n) is 4.05. The van der Waals surface area contributed by atoms with Gasteiger partial charge in [-0.3, -0.25) is 4.79 Å². The molecule has 0 bridgehead atoms. The highest BCUT2D eigenvalue weighted by atomic mass is 79.9. The van der Waals surface area contributed by atoms with E-state index in [1.165, 1.54) is 0 Å². The van der Waals surface area contributed by atoms with Crippen molar-refractivity contribution in [3.05, 3.63) is 22.2 Å². The first-order valence-corrected chi connectivity index (χ1v) is 7.58. The summed E-state index contributed by atoms with van der Waals surface area (Å²) in [5, 5.41) is 0. The van der Waals surface area contributed by atoms with E-state index in [0.29, 0.717) is 28.1 Å². The van der Waals surface area contributed by atoms with E-state index in [0.717, 1.165) is 19.3 Å². The number of methoxy groups -OCH3 is 2. The van der Waals surface area contributed by atoms with Crippen LogP contribution in [0.5, 0.6) is 11.5 Å². The summed E-state index contributed by atoms with van der Waals surface area (Å²) in [7, 11) is 3.15. The lowest BCUT2D eigenvalue weighted by atomic mass is 9.88. The van der Waals surface area contributed by atoms with E-state index < -0.39 is 0 Å². The van der Waals surface area contributed by atoms with Gasteiger partial charge in [-0.2, -0.15) is 0 Å². The Morgan fingerprint density at radius 3 is 2.70 bits per heavy atom. The Kier molecular flexibility index (Phi) is 5.05. The molecule has 2 atom stereocenters. The fourth-order valence-electron chi connectivity index (χ4n) is 2.95. The molecule has 2 unspecified atom stereocenters. The summed E-state index contributed by atoms with van der Waals surface area (Å²) in [5.41, 5.74) is 6.38. The van der Waals surface area contributed by atoms with Gasteiger partial charge < -0.3 is 15.2 Å². The fourth-order valence-corrected chi connectivity index (χ4v) is 3.62. The van der Waals surface area contributed by atoms with Crippen molar-refractivity contribution in [2.45, 2.75) is 19.3 Å². The van der Waals surface area contributed by atoms with Gasteiger partial charge in [-0.15, -0.1) is 0 Å². The van der Waals surface area contributed by atoms with Gasteiger partial charge in [0.25, 0.3) is 0 Å². The SMILES string of the molecule is COc1ccc(C(=O)C2CCCC2CN)c(OC)c1Br. The number of Topliss-reactive ketones (excluding diaryl/α,β-unsaturated/α-hetero) is 1. The second-order valence-corrected chi connectivity index (χ2v) is 5.85. The smallest absolute Gasteiger partial charge is 0.170 e. The average Bonchev–Trinajstić information content (AvgIpc) is 2.94. The Hall–Kier alpha value is -1.07. The van der Waals surface area contributed by atoms with E-state index in [9.17, 15) is 4.79 Å². The summed E-state index contributed by atoms with van der Waals surface area (Å²) in [6.07, 6.45) is 3.01. The fraction of sp³-hybridized carbons (Fsp3) is 0.533. The van der Waals surface area contributed by atoms with Crippen LogP contribution in [-0.2, 0) is 0 Å². The van der Waals surface area contributed by atoms with Crippen molar-refractivity contribution < 1.29 is 14.3 Å². The second kappa shape index (κ2) is 6.59. The summed E-state index contributed by atoms with van der Waals surface area (Å²) in [5.74, 6) is 1.61. The molecule has 110 valence electrons. The number of halogens is 1. The van der Waals surface area contributed by atoms with Crippen LogP contribution in [-0.4, -0.2) is 26.5 Å². The minimum Gasteiger partial charge on any atom is -0.495 e. The lowest BCUT2D eigenvalue weighted by Crippen LogP contribution is -2.25. The minimum absolute atomic E-state index is 0.00851. The molecule has 1 aliphatic rings. The van der Waals surface area contributed by atoms with Gasteiger partial charge in [-0.25, -0.2) is 0 Å². The van der Waals surface area contributed by atoms with Gasteiger partial charge in [0.1, 0.15) is 16.0 Å². The zero-order valence-electron chi connectivity index (χ0n) is 11.8. The molecule has 0 spiro atoms. The molecule has 20 heavy (non-hydrogen) atoms. The quantitative estimate of drug-likeness (QED) is 0.836. The van der Waals surface area contributed by atoms with Gasteiger partial charge in [0.05, 0.1) is 19.8 Å². The predicted octanol–water partition coefficient (Wildman–Crippen LogP) is 3.02. The van der Waals surface area contributed by atoms with Gasteiger partial charge in [-0.05, 0) is 53.4 Å². The molecule has 0 radical (unpaired) electrons.